The molecule has 2 aromatic heterocycles. The molecule has 22 heavy (non-hydrogen) atoms. The van der Waals surface area contributed by atoms with Crippen molar-refractivity contribution in [2.75, 3.05) is 0 Å². The van der Waals surface area contributed by atoms with Crippen molar-refractivity contribution in [2.24, 2.45) is 0 Å². The average Bonchev–Trinajstić information content (AvgIpc) is 2.97. The number of nitrogens with zero attached hydrogens (tertiary/aromatic N) is 1. The van der Waals surface area contributed by atoms with Crippen LogP contribution in [0.15, 0.2) is 77.5 Å². The summed E-state index contributed by atoms with van der Waals surface area (Å²) in [6.45, 7) is 0. The van der Waals surface area contributed by atoms with Crippen molar-refractivity contribution in [1.29, 1.82) is 0 Å². The van der Waals surface area contributed by atoms with Gasteiger partial charge in [-0.25, -0.2) is 4.98 Å². The zero-order valence-electron chi connectivity index (χ0n) is 11.8. The first kappa shape index (κ1) is 13.3. The van der Waals surface area contributed by atoms with Gasteiger partial charge in [0.05, 0.1) is 11.2 Å². The summed E-state index contributed by atoms with van der Waals surface area (Å²) in [6.07, 6.45) is 1.81. The van der Waals surface area contributed by atoms with Gasteiger partial charge in [-0.05, 0) is 33.1 Å². The highest BCUT2D eigenvalue weighted by Crippen LogP contribution is 2.40. The Labute approximate surface area is 137 Å². The zero-order valence-corrected chi connectivity index (χ0v) is 13.3. The highest BCUT2D eigenvalue weighted by Gasteiger charge is 2.17. The summed E-state index contributed by atoms with van der Waals surface area (Å²) in [7, 11) is 0. The van der Waals surface area contributed by atoms with E-state index in [9.17, 15) is 0 Å². The van der Waals surface area contributed by atoms with Crippen molar-refractivity contribution >= 4 is 26.8 Å². The van der Waals surface area contributed by atoms with Gasteiger partial charge in [0.15, 0.2) is 0 Å². The second-order valence-electron chi connectivity index (χ2n) is 5.13. The standard InChI is InChI=1S/C19H13BrN2/c20-19-17-15(11-12-21-19)22-18(14-9-5-2-6-10-14)16(17)13-7-3-1-4-8-13/h1-12,22H. The van der Waals surface area contributed by atoms with Crippen molar-refractivity contribution in [3.05, 3.63) is 77.5 Å². The number of hydrogen-bond donors (Lipinski definition) is 1. The minimum atomic E-state index is 0.863. The number of hydrogen-bond acceptors (Lipinski definition) is 1. The topological polar surface area (TPSA) is 28.7 Å². The lowest BCUT2D eigenvalue weighted by molar-refractivity contribution is 1.31. The molecule has 0 amide bonds. The van der Waals surface area contributed by atoms with Gasteiger partial charge in [-0.15, -0.1) is 0 Å². The number of aromatic amines is 1. The van der Waals surface area contributed by atoms with Gasteiger partial charge in [0.2, 0.25) is 0 Å². The van der Waals surface area contributed by atoms with Crippen LogP contribution in [0.25, 0.3) is 33.3 Å². The second-order valence-corrected chi connectivity index (χ2v) is 5.88. The highest BCUT2D eigenvalue weighted by molar-refractivity contribution is 9.10. The lowest BCUT2D eigenvalue weighted by Crippen LogP contribution is -1.83. The molecule has 3 heteroatoms. The van der Waals surface area contributed by atoms with Gasteiger partial charge in [0.25, 0.3) is 0 Å². The van der Waals surface area contributed by atoms with Gasteiger partial charge < -0.3 is 4.98 Å². The molecule has 0 saturated carbocycles. The van der Waals surface area contributed by atoms with Crippen molar-refractivity contribution < 1.29 is 0 Å². The average molecular weight is 349 g/mol. The summed E-state index contributed by atoms with van der Waals surface area (Å²) in [5.41, 5.74) is 5.74. The van der Waals surface area contributed by atoms with Crippen molar-refractivity contribution in [3.63, 3.8) is 0 Å². The van der Waals surface area contributed by atoms with Crippen LogP contribution in [0.1, 0.15) is 0 Å². The van der Waals surface area contributed by atoms with Gasteiger partial charge in [-0.2, -0.15) is 0 Å². The van der Waals surface area contributed by atoms with E-state index in [1.54, 1.807) is 0 Å². The number of benzene rings is 2. The van der Waals surface area contributed by atoms with Crippen LogP contribution in [0.3, 0.4) is 0 Å². The maximum Gasteiger partial charge on any atom is 0.116 e. The Hall–Kier alpha value is -2.39. The number of halogens is 1. The third-order valence-corrected chi connectivity index (χ3v) is 4.39. The summed E-state index contributed by atoms with van der Waals surface area (Å²) in [6, 6.07) is 22.8. The lowest BCUT2D eigenvalue weighted by atomic mass is 9.99. The molecule has 4 aromatic rings. The van der Waals surface area contributed by atoms with Crippen LogP contribution in [0.2, 0.25) is 0 Å². The van der Waals surface area contributed by atoms with E-state index in [2.05, 4.69) is 74.4 Å². The molecule has 0 fully saturated rings. The number of rotatable bonds is 2. The molecule has 0 radical (unpaired) electrons. The first-order chi connectivity index (χ1) is 10.8. The maximum atomic E-state index is 4.40. The molecule has 0 atom stereocenters. The number of fused-ring (bicyclic) bond motifs is 1. The van der Waals surface area contributed by atoms with Crippen molar-refractivity contribution in [2.45, 2.75) is 0 Å². The smallest absolute Gasteiger partial charge is 0.116 e. The Morgan fingerprint density at radius 2 is 1.41 bits per heavy atom. The SMILES string of the molecule is Brc1nccc2[nH]c(-c3ccccc3)c(-c3ccccc3)c12. The molecule has 0 unspecified atom stereocenters. The third kappa shape index (κ3) is 2.14. The first-order valence-electron chi connectivity index (χ1n) is 7.11. The van der Waals surface area contributed by atoms with Gasteiger partial charge in [-0.1, -0.05) is 60.7 Å². The Bertz CT molecular complexity index is 928. The fraction of sp³-hybridized carbons (Fsp3) is 0. The second kappa shape index (κ2) is 5.43. The Balaban J connectivity index is 2.11. The van der Waals surface area contributed by atoms with Crippen LogP contribution in [0.5, 0.6) is 0 Å². The van der Waals surface area contributed by atoms with Crippen molar-refractivity contribution in [1.82, 2.24) is 9.97 Å². The summed E-state index contributed by atoms with van der Waals surface area (Å²) in [4.78, 5) is 7.95. The monoisotopic (exact) mass is 348 g/mol. The van der Waals surface area contributed by atoms with E-state index in [0.29, 0.717) is 0 Å². The number of nitrogens with one attached hydrogen (secondary N) is 1. The maximum absolute atomic E-state index is 4.40. The van der Waals surface area contributed by atoms with E-state index in [4.69, 9.17) is 0 Å². The predicted molar refractivity (Wildman–Crippen MR) is 94.7 cm³/mol. The van der Waals surface area contributed by atoms with Gasteiger partial charge in [0, 0.05) is 17.1 Å². The summed E-state index contributed by atoms with van der Waals surface area (Å²) >= 11 is 3.60. The number of H-pyrrole nitrogens is 1. The predicted octanol–water partition coefficient (Wildman–Crippen LogP) is 5.66. The largest absolute Gasteiger partial charge is 0.354 e. The van der Waals surface area contributed by atoms with Gasteiger partial charge in [-0.3, -0.25) is 0 Å². The molecule has 0 aliphatic carbocycles. The Kier molecular flexibility index (Phi) is 3.28. The summed E-state index contributed by atoms with van der Waals surface area (Å²) in [5, 5.41) is 1.12. The molecule has 4 rings (SSSR count). The lowest BCUT2D eigenvalue weighted by Gasteiger charge is -2.06. The summed E-state index contributed by atoms with van der Waals surface area (Å²) in [5.74, 6) is 0. The van der Waals surface area contributed by atoms with Crippen LogP contribution in [0, 0.1) is 0 Å². The fourth-order valence-electron chi connectivity index (χ4n) is 2.82. The van der Waals surface area contributed by atoms with Crippen LogP contribution in [0.4, 0.5) is 0 Å². The van der Waals surface area contributed by atoms with E-state index in [1.807, 2.05) is 24.4 Å². The molecule has 1 N–H and O–H groups in total. The molecule has 0 spiro atoms. The Morgan fingerprint density at radius 3 is 2.09 bits per heavy atom. The minimum Gasteiger partial charge on any atom is -0.354 e. The molecule has 0 aliphatic rings. The zero-order chi connectivity index (χ0) is 14.9. The highest BCUT2D eigenvalue weighted by atomic mass is 79.9. The molecule has 2 aromatic carbocycles. The molecular weight excluding hydrogens is 336 g/mol. The van der Waals surface area contributed by atoms with E-state index in [1.165, 1.54) is 16.7 Å². The fourth-order valence-corrected chi connectivity index (χ4v) is 3.35. The molecule has 0 bridgehead atoms. The number of aromatic nitrogens is 2. The van der Waals surface area contributed by atoms with E-state index in [0.717, 1.165) is 21.2 Å². The van der Waals surface area contributed by atoms with Crippen molar-refractivity contribution in [3.8, 4) is 22.4 Å². The number of pyridine rings is 1. The van der Waals surface area contributed by atoms with Crippen LogP contribution >= 0.6 is 15.9 Å². The molecular formula is C19H13BrN2. The molecule has 2 heterocycles. The van der Waals surface area contributed by atoms with Crippen LogP contribution in [-0.2, 0) is 0 Å². The van der Waals surface area contributed by atoms with Crippen LogP contribution in [-0.4, -0.2) is 9.97 Å². The quantitative estimate of drug-likeness (QED) is 0.465. The first-order valence-corrected chi connectivity index (χ1v) is 7.91. The van der Waals surface area contributed by atoms with Crippen LogP contribution < -0.4 is 0 Å². The molecule has 106 valence electrons. The van der Waals surface area contributed by atoms with E-state index in [-0.39, 0.29) is 0 Å². The van der Waals surface area contributed by atoms with E-state index < -0.39 is 0 Å². The third-order valence-electron chi connectivity index (χ3n) is 3.79. The molecule has 0 aliphatic heterocycles. The summed E-state index contributed by atoms with van der Waals surface area (Å²) < 4.78 is 0.863. The normalized spacial score (nSPS) is 11.0. The van der Waals surface area contributed by atoms with Gasteiger partial charge >= 0.3 is 0 Å². The van der Waals surface area contributed by atoms with Gasteiger partial charge in [0.1, 0.15) is 4.60 Å². The molecule has 0 saturated heterocycles. The minimum absolute atomic E-state index is 0.863. The van der Waals surface area contributed by atoms with E-state index >= 15 is 0 Å². The molecule has 2 nitrogen and oxygen atoms in total. The Morgan fingerprint density at radius 1 is 0.773 bits per heavy atom.